The molecule has 1 saturated heterocycles. The van der Waals surface area contributed by atoms with E-state index in [-0.39, 0.29) is 13.2 Å². The van der Waals surface area contributed by atoms with Crippen molar-refractivity contribution in [3.63, 3.8) is 0 Å². The van der Waals surface area contributed by atoms with Gasteiger partial charge in [0.25, 0.3) is 10.2 Å². The predicted molar refractivity (Wildman–Crippen MR) is 106 cm³/mol. The monoisotopic (exact) mass is 414 g/mol. The highest BCUT2D eigenvalue weighted by Crippen LogP contribution is 2.31. The van der Waals surface area contributed by atoms with Crippen LogP contribution >= 0.6 is 0 Å². The fraction of sp³-hybridized carbons (Fsp3) is 0.632. The summed E-state index contributed by atoms with van der Waals surface area (Å²) >= 11 is 0. The van der Waals surface area contributed by atoms with Gasteiger partial charge in [0, 0.05) is 19.1 Å². The van der Waals surface area contributed by atoms with Gasteiger partial charge in [-0.05, 0) is 50.3 Å². The standard InChI is InChI=1S/C19H30N2O6S/c1-5-26-19(22)13-27-17-7-6-16(12-18(17)25-4)15(3)20-28(23,24)21-10-8-14(2)9-11-21/h6-7,12,14-15,20H,5,8-11,13H2,1-4H3/t15-/m0/s1. The third-order valence-electron chi connectivity index (χ3n) is 4.75. The second kappa shape index (κ2) is 10.1. The quantitative estimate of drug-likeness (QED) is 0.623. The molecule has 1 atom stereocenters. The molecule has 1 aromatic rings. The lowest BCUT2D eigenvalue weighted by Crippen LogP contribution is -2.45. The van der Waals surface area contributed by atoms with E-state index in [0.717, 1.165) is 18.4 Å². The van der Waals surface area contributed by atoms with Gasteiger partial charge in [0.05, 0.1) is 13.7 Å². The number of carbonyl (C=O) groups excluding carboxylic acids is 1. The fourth-order valence-electron chi connectivity index (χ4n) is 3.00. The van der Waals surface area contributed by atoms with Crippen molar-refractivity contribution in [3.8, 4) is 11.5 Å². The average molecular weight is 415 g/mol. The van der Waals surface area contributed by atoms with Crippen LogP contribution in [0.3, 0.4) is 0 Å². The van der Waals surface area contributed by atoms with Crippen molar-refractivity contribution in [1.29, 1.82) is 0 Å². The molecule has 0 amide bonds. The molecule has 9 heteroatoms. The van der Waals surface area contributed by atoms with Crippen LogP contribution in [0.15, 0.2) is 18.2 Å². The molecule has 0 unspecified atom stereocenters. The summed E-state index contributed by atoms with van der Waals surface area (Å²) in [6.45, 7) is 6.77. The number of piperidine rings is 1. The van der Waals surface area contributed by atoms with E-state index in [1.807, 2.05) is 0 Å². The maximum Gasteiger partial charge on any atom is 0.344 e. The Balaban J connectivity index is 2.04. The molecule has 1 aliphatic heterocycles. The Kier molecular flexibility index (Phi) is 8.09. The lowest BCUT2D eigenvalue weighted by Gasteiger charge is -2.30. The molecule has 1 aromatic carbocycles. The average Bonchev–Trinajstić information content (AvgIpc) is 2.66. The molecule has 2 rings (SSSR count). The van der Waals surface area contributed by atoms with E-state index >= 15 is 0 Å². The topological polar surface area (TPSA) is 94.2 Å². The molecule has 0 aliphatic carbocycles. The van der Waals surface area contributed by atoms with E-state index in [0.29, 0.717) is 30.5 Å². The van der Waals surface area contributed by atoms with E-state index in [9.17, 15) is 13.2 Å². The van der Waals surface area contributed by atoms with Gasteiger partial charge in [-0.3, -0.25) is 0 Å². The maximum atomic E-state index is 12.6. The molecule has 0 radical (unpaired) electrons. The van der Waals surface area contributed by atoms with E-state index in [1.165, 1.54) is 11.4 Å². The van der Waals surface area contributed by atoms with Gasteiger partial charge in [-0.1, -0.05) is 13.0 Å². The Labute approximate surface area is 167 Å². The second-order valence-corrected chi connectivity index (χ2v) is 8.63. The maximum absolute atomic E-state index is 12.6. The van der Waals surface area contributed by atoms with Crippen LogP contribution in [0.5, 0.6) is 11.5 Å². The van der Waals surface area contributed by atoms with Crippen LogP contribution in [0.1, 0.15) is 45.2 Å². The number of hydrogen-bond donors (Lipinski definition) is 1. The SMILES string of the molecule is CCOC(=O)COc1ccc([C@H](C)NS(=O)(=O)N2CCC(C)CC2)cc1OC. The van der Waals surface area contributed by atoms with Gasteiger partial charge in [0.2, 0.25) is 0 Å². The van der Waals surface area contributed by atoms with Gasteiger partial charge in [0.15, 0.2) is 18.1 Å². The zero-order valence-corrected chi connectivity index (χ0v) is 17.8. The van der Waals surface area contributed by atoms with Crippen LogP contribution in [-0.4, -0.2) is 52.1 Å². The first-order valence-corrected chi connectivity index (χ1v) is 10.9. The molecule has 0 bridgehead atoms. The van der Waals surface area contributed by atoms with Gasteiger partial charge >= 0.3 is 5.97 Å². The summed E-state index contributed by atoms with van der Waals surface area (Å²) in [5.41, 5.74) is 0.731. The summed E-state index contributed by atoms with van der Waals surface area (Å²) in [6, 6.07) is 4.65. The highest BCUT2D eigenvalue weighted by Gasteiger charge is 2.28. The molecular weight excluding hydrogens is 384 g/mol. The molecule has 1 N–H and O–H groups in total. The third kappa shape index (κ3) is 6.08. The van der Waals surface area contributed by atoms with Crippen molar-refractivity contribution < 1.29 is 27.4 Å². The number of hydrogen-bond acceptors (Lipinski definition) is 6. The number of methoxy groups -OCH3 is 1. The Morgan fingerprint density at radius 2 is 1.96 bits per heavy atom. The summed E-state index contributed by atoms with van der Waals surface area (Å²) in [5.74, 6) is 0.889. The molecule has 1 heterocycles. The van der Waals surface area contributed by atoms with Gasteiger partial charge in [-0.2, -0.15) is 17.4 Å². The predicted octanol–water partition coefficient (Wildman–Crippen LogP) is 2.26. The molecule has 0 aromatic heterocycles. The third-order valence-corrected chi connectivity index (χ3v) is 6.44. The minimum absolute atomic E-state index is 0.223. The van der Waals surface area contributed by atoms with Crippen molar-refractivity contribution in [2.45, 2.75) is 39.7 Å². The molecule has 28 heavy (non-hydrogen) atoms. The van der Waals surface area contributed by atoms with Crippen LogP contribution in [0.4, 0.5) is 0 Å². The van der Waals surface area contributed by atoms with Crippen molar-refractivity contribution in [2.75, 3.05) is 33.4 Å². The highest BCUT2D eigenvalue weighted by atomic mass is 32.2. The first kappa shape index (κ1) is 22.4. The number of ether oxygens (including phenoxy) is 3. The van der Waals surface area contributed by atoms with Gasteiger partial charge in [-0.15, -0.1) is 0 Å². The Morgan fingerprint density at radius 3 is 2.57 bits per heavy atom. The van der Waals surface area contributed by atoms with Crippen molar-refractivity contribution in [3.05, 3.63) is 23.8 Å². The van der Waals surface area contributed by atoms with Crippen LogP contribution in [0.2, 0.25) is 0 Å². The summed E-state index contributed by atoms with van der Waals surface area (Å²) in [6.07, 6.45) is 1.74. The van der Waals surface area contributed by atoms with Crippen LogP contribution < -0.4 is 14.2 Å². The van der Waals surface area contributed by atoms with Gasteiger partial charge < -0.3 is 14.2 Å². The van der Waals surface area contributed by atoms with Gasteiger partial charge in [0.1, 0.15) is 0 Å². The van der Waals surface area contributed by atoms with E-state index in [1.54, 1.807) is 32.0 Å². The Bertz CT molecular complexity index is 760. The highest BCUT2D eigenvalue weighted by molar-refractivity contribution is 7.87. The van der Waals surface area contributed by atoms with Crippen molar-refractivity contribution in [1.82, 2.24) is 9.03 Å². The normalized spacial score (nSPS) is 17.1. The minimum Gasteiger partial charge on any atom is -0.493 e. The summed E-state index contributed by atoms with van der Waals surface area (Å²) < 4.78 is 45.1. The molecule has 1 aliphatic rings. The first-order valence-electron chi connectivity index (χ1n) is 9.50. The minimum atomic E-state index is -3.56. The number of esters is 1. The summed E-state index contributed by atoms with van der Waals surface area (Å²) in [7, 11) is -2.08. The molecule has 0 spiro atoms. The van der Waals surface area contributed by atoms with Crippen LogP contribution in [0.25, 0.3) is 0 Å². The summed E-state index contributed by atoms with van der Waals surface area (Å²) in [4.78, 5) is 11.4. The van der Waals surface area contributed by atoms with Crippen LogP contribution in [-0.2, 0) is 19.7 Å². The largest absolute Gasteiger partial charge is 0.493 e. The summed E-state index contributed by atoms with van der Waals surface area (Å²) in [5, 5.41) is 0. The van der Waals surface area contributed by atoms with E-state index in [4.69, 9.17) is 14.2 Å². The Hall–Kier alpha value is -1.84. The lowest BCUT2D eigenvalue weighted by molar-refractivity contribution is -0.145. The fourth-order valence-corrected chi connectivity index (χ4v) is 4.43. The van der Waals surface area contributed by atoms with Crippen molar-refractivity contribution >= 4 is 16.2 Å². The molecule has 1 fully saturated rings. The van der Waals surface area contributed by atoms with Crippen LogP contribution in [0, 0.1) is 5.92 Å². The molecule has 158 valence electrons. The van der Waals surface area contributed by atoms with Gasteiger partial charge in [-0.25, -0.2) is 4.79 Å². The number of nitrogens with one attached hydrogen (secondary N) is 1. The number of carbonyl (C=O) groups is 1. The second-order valence-electron chi connectivity index (χ2n) is 6.93. The number of nitrogens with zero attached hydrogens (tertiary/aromatic N) is 1. The molecular formula is C19H30N2O6S. The molecule has 8 nitrogen and oxygen atoms in total. The number of benzene rings is 1. The lowest BCUT2D eigenvalue weighted by atomic mass is 10.0. The zero-order valence-electron chi connectivity index (χ0n) is 16.9. The zero-order chi connectivity index (χ0) is 20.7. The van der Waals surface area contributed by atoms with E-state index in [2.05, 4.69) is 11.6 Å². The Morgan fingerprint density at radius 1 is 1.29 bits per heavy atom. The number of rotatable bonds is 9. The first-order chi connectivity index (χ1) is 13.3. The van der Waals surface area contributed by atoms with E-state index < -0.39 is 22.2 Å². The van der Waals surface area contributed by atoms with Crippen molar-refractivity contribution in [2.24, 2.45) is 5.92 Å². The smallest absolute Gasteiger partial charge is 0.344 e. The molecule has 0 saturated carbocycles.